The van der Waals surface area contributed by atoms with Gasteiger partial charge in [-0.25, -0.2) is 8.42 Å². The van der Waals surface area contributed by atoms with Crippen LogP contribution < -0.4 is 0 Å². The van der Waals surface area contributed by atoms with Gasteiger partial charge < -0.3 is 0 Å². The molecule has 0 heterocycles. The molecule has 2 nitrogen and oxygen atoms in total. The van der Waals surface area contributed by atoms with Crippen molar-refractivity contribution in [3.63, 3.8) is 0 Å². The van der Waals surface area contributed by atoms with Gasteiger partial charge in [-0.3, -0.25) is 0 Å². The Hall–Kier alpha value is -0.0200. The number of halogens is 1. The second-order valence-corrected chi connectivity index (χ2v) is 5.27. The first-order valence-corrected chi connectivity index (χ1v) is 6.47. The zero-order chi connectivity index (χ0) is 9.61. The number of hydrogen-bond donors (Lipinski definition) is 0. The van der Waals surface area contributed by atoms with E-state index in [1.807, 2.05) is 13.8 Å². The van der Waals surface area contributed by atoms with Crippen LogP contribution in [0, 0.1) is 0 Å². The molecule has 0 aromatic heterocycles. The molecule has 0 saturated heterocycles. The van der Waals surface area contributed by atoms with Gasteiger partial charge in [-0.15, -0.1) is 0 Å². The van der Waals surface area contributed by atoms with Gasteiger partial charge in [0.15, 0.2) is 0 Å². The maximum atomic E-state index is 10.9. The lowest BCUT2D eigenvalue weighted by molar-refractivity contribution is 0.612. The molecule has 0 amide bonds. The zero-order valence-corrected chi connectivity index (χ0v) is 9.08. The van der Waals surface area contributed by atoms with Crippen LogP contribution in [0.15, 0.2) is 11.0 Å². The maximum Gasteiger partial charge on any atom is 0.257 e. The molecule has 0 N–H and O–H groups in total. The molecule has 0 aromatic carbocycles. The van der Waals surface area contributed by atoms with E-state index in [2.05, 4.69) is 0 Å². The Morgan fingerprint density at radius 2 is 1.92 bits per heavy atom. The molecule has 12 heavy (non-hydrogen) atoms. The highest BCUT2D eigenvalue weighted by Crippen LogP contribution is 2.18. The Morgan fingerprint density at radius 1 is 1.33 bits per heavy atom. The molecular formula is C8H15ClO2S. The van der Waals surface area contributed by atoms with Gasteiger partial charge in [0, 0.05) is 10.7 Å². The van der Waals surface area contributed by atoms with Crippen molar-refractivity contribution < 1.29 is 8.42 Å². The Labute approximate surface area is 79.0 Å². The summed E-state index contributed by atoms with van der Waals surface area (Å²) in [5.74, 6) is 0. The summed E-state index contributed by atoms with van der Waals surface area (Å²) in [4.78, 5) is 0.369. The van der Waals surface area contributed by atoms with Crippen molar-refractivity contribution in [2.75, 3.05) is 0 Å². The van der Waals surface area contributed by atoms with E-state index in [-0.39, 0.29) is 0 Å². The average Bonchev–Trinajstić information content (AvgIpc) is 1.95. The third-order valence-electron chi connectivity index (χ3n) is 1.47. The second-order valence-electron chi connectivity index (χ2n) is 2.65. The lowest BCUT2D eigenvalue weighted by Crippen LogP contribution is -1.94. The highest BCUT2D eigenvalue weighted by Gasteiger charge is 2.11. The number of unbranched alkanes of at least 4 members (excludes halogenated alkanes) is 1. The van der Waals surface area contributed by atoms with E-state index in [0.717, 1.165) is 19.3 Å². The van der Waals surface area contributed by atoms with Crippen LogP contribution in [0.1, 0.15) is 39.5 Å². The summed E-state index contributed by atoms with van der Waals surface area (Å²) in [5.41, 5.74) is 0. The van der Waals surface area contributed by atoms with Crippen molar-refractivity contribution in [2.24, 2.45) is 0 Å². The van der Waals surface area contributed by atoms with Gasteiger partial charge in [0.1, 0.15) is 0 Å². The largest absolute Gasteiger partial charge is 0.257 e. The number of allylic oxidation sites excluding steroid dienone is 2. The summed E-state index contributed by atoms with van der Waals surface area (Å²) in [6, 6.07) is 0. The van der Waals surface area contributed by atoms with Crippen LogP contribution in [0.3, 0.4) is 0 Å². The third-order valence-corrected chi connectivity index (χ3v) is 3.06. The molecule has 0 bridgehead atoms. The van der Waals surface area contributed by atoms with Gasteiger partial charge >= 0.3 is 0 Å². The smallest absolute Gasteiger partial charge is 0.207 e. The van der Waals surface area contributed by atoms with E-state index in [0.29, 0.717) is 11.3 Å². The molecular weight excluding hydrogens is 196 g/mol. The Kier molecular flexibility index (Phi) is 5.59. The SMILES string of the molecule is CCC/C=C(\CCC)S(=O)(=O)Cl. The van der Waals surface area contributed by atoms with Crippen molar-refractivity contribution in [3.05, 3.63) is 11.0 Å². The highest BCUT2D eigenvalue weighted by molar-refractivity contribution is 8.16. The molecule has 72 valence electrons. The van der Waals surface area contributed by atoms with Crippen LogP contribution in [0.2, 0.25) is 0 Å². The summed E-state index contributed by atoms with van der Waals surface area (Å²) in [6.07, 6.45) is 4.79. The first-order valence-electron chi connectivity index (χ1n) is 4.16. The van der Waals surface area contributed by atoms with Crippen LogP contribution >= 0.6 is 10.7 Å². The van der Waals surface area contributed by atoms with Gasteiger partial charge in [-0.2, -0.15) is 0 Å². The molecule has 0 radical (unpaired) electrons. The summed E-state index contributed by atoms with van der Waals surface area (Å²) in [7, 11) is 1.75. The van der Waals surface area contributed by atoms with Crippen LogP contribution in [0.5, 0.6) is 0 Å². The summed E-state index contributed by atoms with van der Waals surface area (Å²) in [6.45, 7) is 3.93. The molecule has 0 fully saturated rings. The number of hydrogen-bond acceptors (Lipinski definition) is 2. The summed E-state index contributed by atoms with van der Waals surface area (Å²) >= 11 is 0. The van der Waals surface area contributed by atoms with Crippen molar-refractivity contribution >= 4 is 19.7 Å². The van der Waals surface area contributed by atoms with Gasteiger partial charge in [-0.05, 0) is 12.8 Å². The Bertz CT molecular complexity index is 242. The lowest BCUT2D eigenvalue weighted by Gasteiger charge is -2.00. The second kappa shape index (κ2) is 5.60. The molecule has 4 heteroatoms. The molecule has 0 spiro atoms. The van der Waals surface area contributed by atoms with Gasteiger partial charge in [0.25, 0.3) is 9.05 Å². The first-order chi connectivity index (χ1) is 5.52. The molecule has 0 aliphatic carbocycles. The minimum atomic E-state index is -3.47. The monoisotopic (exact) mass is 210 g/mol. The fourth-order valence-electron chi connectivity index (χ4n) is 0.875. The van der Waals surface area contributed by atoms with Crippen LogP contribution in [-0.4, -0.2) is 8.42 Å². The fraction of sp³-hybridized carbons (Fsp3) is 0.750. The molecule has 0 rings (SSSR count). The Balaban J connectivity index is 4.44. The summed E-state index contributed by atoms with van der Waals surface area (Å²) in [5, 5.41) is 0. The summed E-state index contributed by atoms with van der Waals surface area (Å²) < 4.78 is 21.8. The molecule has 0 aromatic rings. The molecule has 0 aliphatic rings. The molecule has 0 atom stereocenters. The normalized spacial score (nSPS) is 13.4. The van der Waals surface area contributed by atoms with Crippen molar-refractivity contribution in [1.82, 2.24) is 0 Å². The van der Waals surface area contributed by atoms with E-state index in [1.54, 1.807) is 6.08 Å². The lowest BCUT2D eigenvalue weighted by atomic mass is 10.2. The van der Waals surface area contributed by atoms with Crippen molar-refractivity contribution in [1.29, 1.82) is 0 Å². The van der Waals surface area contributed by atoms with Crippen molar-refractivity contribution in [2.45, 2.75) is 39.5 Å². The fourth-order valence-corrected chi connectivity index (χ4v) is 2.06. The first kappa shape index (κ1) is 12.0. The van der Waals surface area contributed by atoms with E-state index < -0.39 is 9.05 Å². The minimum absolute atomic E-state index is 0.369. The van der Waals surface area contributed by atoms with Crippen LogP contribution in [0.25, 0.3) is 0 Å². The Morgan fingerprint density at radius 3 is 2.25 bits per heavy atom. The predicted molar refractivity (Wildman–Crippen MR) is 52.7 cm³/mol. The number of rotatable bonds is 5. The van der Waals surface area contributed by atoms with E-state index >= 15 is 0 Å². The molecule has 0 aliphatic heterocycles. The zero-order valence-electron chi connectivity index (χ0n) is 7.51. The highest BCUT2D eigenvalue weighted by atomic mass is 35.7. The predicted octanol–water partition coefficient (Wildman–Crippen LogP) is 3.04. The van der Waals surface area contributed by atoms with Gasteiger partial charge in [-0.1, -0.05) is 32.8 Å². The van der Waals surface area contributed by atoms with Gasteiger partial charge in [0.2, 0.25) is 0 Å². The quantitative estimate of drug-likeness (QED) is 0.654. The topological polar surface area (TPSA) is 34.1 Å². The van der Waals surface area contributed by atoms with Crippen molar-refractivity contribution in [3.8, 4) is 0 Å². The van der Waals surface area contributed by atoms with E-state index in [4.69, 9.17) is 10.7 Å². The standard InChI is InChI=1S/C8H15ClO2S/c1-3-5-7-8(6-4-2)12(9,10)11/h7H,3-6H2,1-2H3/b8-7+. The minimum Gasteiger partial charge on any atom is -0.207 e. The maximum absolute atomic E-state index is 10.9. The van der Waals surface area contributed by atoms with Crippen LogP contribution in [-0.2, 0) is 9.05 Å². The molecule has 0 saturated carbocycles. The van der Waals surface area contributed by atoms with Crippen LogP contribution in [0.4, 0.5) is 0 Å². The third kappa shape index (κ3) is 4.78. The average molecular weight is 211 g/mol. The van der Waals surface area contributed by atoms with Gasteiger partial charge in [0.05, 0.1) is 4.91 Å². The van der Waals surface area contributed by atoms with E-state index in [9.17, 15) is 8.42 Å². The van der Waals surface area contributed by atoms with E-state index in [1.165, 1.54) is 0 Å². The molecule has 0 unspecified atom stereocenters.